The van der Waals surface area contributed by atoms with Crippen molar-refractivity contribution >= 4 is 34.8 Å². The van der Waals surface area contributed by atoms with Crippen LogP contribution in [-0.4, -0.2) is 15.5 Å². The number of carbonyl (C=O) groups excluding carboxylic acids is 1. The maximum Gasteiger partial charge on any atom is 0.271 e. The number of imidazole rings is 1. The first-order valence-electron chi connectivity index (χ1n) is 14.1. The number of rotatable bonds is 9. The van der Waals surface area contributed by atoms with Crippen LogP contribution in [0.3, 0.4) is 0 Å². The molecule has 9 heteroatoms. The van der Waals surface area contributed by atoms with Gasteiger partial charge in [-0.3, -0.25) is 4.79 Å². The van der Waals surface area contributed by atoms with Gasteiger partial charge in [0.1, 0.15) is 17.0 Å². The minimum absolute atomic E-state index is 0.0546. The highest BCUT2D eigenvalue weighted by Crippen LogP contribution is 2.41. The van der Waals surface area contributed by atoms with E-state index in [0.717, 1.165) is 16.7 Å². The quantitative estimate of drug-likeness (QED) is 0.123. The monoisotopic (exact) mass is 636 g/mol. The molecule has 1 aromatic heterocycles. The molecule has 0 unspecified atom stereocenters. The number of anilines is 1. The van der Waals surface area contributed by atoms with Crippen LogP contribution in [0.5, 0.6) is 11.5 Å². The lowest BCUT2D eigenvalue weighted by atomic mass is 9.77. The lowest BCUT2D eigenvalue weighted by Crippen LogP contribution is -2.37. The van der Waals surface area contributed by atoms with E-state index in [4.69, 9.17) is 33.7 Å². The highest BCUT2D eigenvalue weighted by molar-refractivity contribution is 6.32. The Morgan fingerprint density at radius 2 is 1.42 bits per heavy atom. The van der Waals surface area contributed by atoms with Crippen LogP contribution in [0, 0.1) is 5.82 Å². The van der Waals surface area contributed by atoms with Crippen LogP contribution in [0.25, 0.3) is 0 Å². The normalized spacial score (nSPS) is 11.3. The van der Waals surface area contributed by atoms with E-state index in [9.17, 15) is 4.79 Å². The lowest BCUT2D eigenvalue weighted by molar-refractivity contribution is 0.0946. The predicted molar refractivity (Wildman–Crippen MR) is 175 cm³/mol. The maximum atomic E-state index is 15.6. The number of benzene rings is 5. The Bertz CT molecular complexity index is 1830. The molecule has 6 rings (SSSR count). The molecule has 0 spiro atoms. The molecule has 0 saturated carbocycles. The second kappa shape index (κ2) is 12.9. The standard InChI is InChI=1S/C36H27Cl2FN4O2/c37-28-18-29(40)20-30(19-28)45-34-31(38)17-16-24(33(34)39)21-41-35(44)32-22-43(23-42-32)36(25-10-4-1-5-11-25,26-12-6-2-7-13-26)27-14-8-3-9-15-27/h1-20,22-23H,21,40H2,(H,41,44). The van der Waals surface area contributed by atoms with Gasteiger partial charge in [0.2, 0.25) is 0 Å². The summed E-state index contributed by atoms with van der Waals surface area (Å²) in [5, 5.41) is 3.16. The molecular formula is C36H27Cl2FN4O2. The molecule has 224 valence electrons. The van der Waals surface area contributed by atoms with E-state index in [1.165, 1.54) is 24.3 Å². The molecule has 0 saturated heterocycles. The van der Waals surface area contributed by atoms with Gasteiger partial charge >= 0.3 is 0 Å². The van der Waals surface area contributed by atoms with E-state index >= 15 is 4.39 Å². The van der Waals surface area contributed by atoms with Crippen molar-refractivity contribution in [3.8, 4) is 11.5 Å². The minimum Gasteiger partial charge on any atom is -0.453 e. The molecule has 0 aliphatic heterocycles. The SMILES string of the molecule is Nc1cc(Cl)cc(Oc2c(Cl)ccc(CNC(=O)c3cn(C(c4ccccc4)(c4ccccc4)c4ccccc4)cn3)c2F)c1. The fourth-order valence-electron chi connectivity index (χ4n) is 5.44. The van der Waals surface area contributed by atoms with Crippen molar-refractivity contribution in [3.63, 3.8) is 0 Å². The number of halogens is 3. The van der Waals surface area contributed by atoms with E-state index in [-0.39, 0.29) is 34.3 Å². The van der Waals surface area contributed by atoms with Gasteiger partial charge in [-0.05, 0) is 34.9 Å². The van der Waals surface area contributed by atoms with Crippen molar-refractivity contribution in [1.82, 2.24) is 14.9 Å². The van der Waals surface area contributed by atoms with Gasteiger partial charge in [-0.15, -0.1) is 0 Å². The molecule has 0 bridgehead atoms. The average Bonchev–Trinajstić information content (AvgIpc) is 3.55. The Hall–Kier alpha value is -5.11. The molecule has 3 N–H and O–H groups in total. The van der Waals surface area contributed by atoms with Crippen molar-refractivity contribution in [1.29, 1.82) is 0 Å². The number of nitrogens with two attached hydrogens (primary N) is 1. The second-order valence-corrected chi connectivity index (χ2v) is 11.2. The van der Waals surface area contributed by atoms with Crippen molar-refractivity contribution in [2.24, 2.45) is 0 Å². The van der Waals surface area contributed by atoms with Gasteiger partial charge in [-0.1, -0.05) is 120 Å². The van der Waals surface area contributed by atoms with Crippen LogP contribution >= 0.6 is 23.2 Å². The molecule has 45 heavy (non-hydrogen) atoms. The Labute approximate surface area is 269 Å². The summed E-state index contributed by atoms with van der Waals surface area (Å²) in [7, 11) is 0. The predicted octanol–water partition coefficient (Wildman–Crippen LogP) is 8.47. The first-order valence-corrected chi connectivity index (χ1v) is 14.8. The van der Waals surface area contributed by atoms with Gasteiger partial charge in [0.05, 0.1) is 11.3 Å². The van der Waals surface area contributed by atoms with E-state index in [0.29, 0.717) is 10.7 Å². The average molecular weight is 638 g/mol. The second-order valence-electron chi connectivity index (χ2n) is 10.3. The maximum absolute atomic E-state index is 15.6. The third-order valence-corrected chi connectivity index (χ3v) is 7.98. The third kappa shape index (κ3) is 6.00. The summed E-state index contributed by atoms with van der Waals surface area (Å²) < 4.78 is 23.2. The number of nitrogens with one attached hydrogen (secondary N) is 1. The van der Waals surface area contributed by atoms with E-state index in [1.54, 1.807) is 18.6 Å². The van der Waals surface area contributed by atoms with Crippen molar-refractivity contribution in [2.45, 2.75) is 12.1 Å². The number of hydrogen-bond donors (Lipinski definition) is 2. The molecule has 0 aliphatic carbocycles. The molecule has 1 amide bonds. The molecular weight excluding hydrogens is 610 g/mol. The number of carbonyl (C=O) groups is 1. The zero-order chi connectivity index (χ0) is 31.4. The van der Waals surface area contributed by atoms with E-state index in [1.807, 2.05) is 59.2 Å². The van der Waals surface area contributed by atoms with Crippen LogP contribution in [0.15, 0.2) is 134 Å². The summed E-state index contributed by atoms with van der Waals surface area (Å²) in [4.78, 5) is 17.9. The number of hydrogen-bond acceptors (Lipinski definition) is 4. The van der Waals surface area contributed by atoms with E-state index < -0.39 is 17.3 Å². The van der Waals surface area contributed by atoms with Crippen LogP contribution < -0.4 is 15.8 Å². The Balaban J connectivity index is 1.31. The summed E-state index contributed by atoms with van der Waals surface area (Å²) in [5.41, 5.74) is 8.67. The summed E-state index contributed by atoms with van der Waals surface area (Å²) in [5.74, 6) is -1.17. The van der Waals surface area contributed by atoms with E-state index in [2.05, 4.69) is 46.7 Å². The fraction of sp³-hybridized carbons (Fsp3) is 0.0556. The highest BCUT2D eigenvalue weighted by Gasteiger charge is 2.38. The summed E-state index contributed by atoms with van der Waals surface area (Å²) in [6.45, 7) is -0.135. The largest absolute Gasteiger partial charge is 0.453 e. The van der Waals surface area contributed by atoms with Gasteiger partial charge in [-0.2, -0.15) is 0 Å². The van der Waals surface area contributed by atoms with Crippen molar-refractivity contribution in [3.05, 3.63) is 178 Å². The lowest BCUT2D eigenvalue weighted by Gasteiger charge is -2.37. The zero-order valence-corrected chi connectivity index (χ0v) is 25.3. The molecule has 0 fully saturated rings. The molecule has 0 atom stereocenters. The van der Waals surface area contributed by atoms with Gasteiger partial charge in [0.15, 0.2) is 11.6 Å². The first kappa shape index (κ1) is 29.9. The number of aromatic nitrogens is 2. The number of nitrogen functional groups attached to an aromatic ring is 1. The molecule has 0 aliphatic rings. The smallest absolute Gasteiger partial charge is 0.271 e. The van der Waals surface area contributed by atoms with Crippen LogP contribution in [0.4, 0.5) is 10.1 Å². The summed E-state index contributed by atoms with van der Waals surface area (Å²) in [6.07, 6.45) is 3.35. The van der Waals surface area contributed by atoms with Gasteiger partial charge in [-0.25, -0.2) is 9.37 Å². The topological polar surface area (TPSA) is 82.2 Å². The van der Waals surface area contributed by atoms with Crippen LogP contribution in [0.2, 0.25) is 10.0 Å². The first-order chi connectivity index (χ1) is 21.9. The number of ether oxygens (including phenoxy) is 1. The Morgan fingerprint density at radius 1 is 0.844 bits per heavy atom. The Kier molecular flexibility index (Phi) is 8.56. The Morgan fingerprint density at radius 3 is 1.98 bits per heavy atom. The minimum atomic E-state index is -0.826. The molecule has 1 heterocycles. The molecule has 6 aromatic rings. The van der Waals surface area contributed by atoms with Crippen molar-refractivity contribution in [2.75, 3.05) is 5.73 Å². The molecule has 6 nitrogen and oxygen atoms in total. The summed E-state index contributed by atoms with van der Waals surface area (Å²) >= 11 is 12.3. The third-order valence-electron chi connectivity index (χ3n) is 7.46. The summed E-state index contributed by atoms with van der Waals surface area (Å²) in [6, 6.07) is 37.7. The molecule has 5 aromatic carbocycles. The van der Waals surface area contributed by atoms with Gasteiger partial charge in [0, 0.05) is 35.1 Å². The van der Waals surface area contributed by atoms with Crippen LogP contribution in [-0.2, 0) is 12.1 Å². The van der Waals surface area contributed by atoms with Gasteiger partial charge in [0.25, 0.3) is 5.91 Å². The van der Waals surface area contributed by atoms with Crippen molar-refractivity contribution < 1.29 is 13.9 Å². The number of nitrogens with zero attached hydrogens (tertiary/aromatic N) is 2. The molecule has 0 radical (unpaired) electrons. The number of amides is 1. The zero-order valence-electron chi connectivity index (χ0n) is 23.8. The van der Waals surface area contributed by atoms with Gasteiger partial charge < -0.3 is 20.4 Å². The highest BCUT2D eigenvalue weighted by atomic mass is 35.5. The fourth-order valence-corrected chi connectivity index (χ4v) is 5.86. The van der Waals surface area contributed by atoms with Crippen LogP contribution in [0.1, 0.15) is 32.7 Å².